The van der Waals surface area contributed by atoms with Crippen molar-refractivity contribution in [2.75, 3.05) is 0 Å². The number of unbranched alkanes of at least 4 members (excludes halogenated alkanes) is 5. The summed E-state index contributed by atoms with van der Waals surface area (Å²) in [7, 11) is 0. The molecule has 0 spiro atoms. The van der Waals surface area contributed by atoms with Gasteiger partial charge in [-0.3, -0.25) is 0 Å². The SMILES string of the molecule is CCCCCC[C](C)CCCCC. The Labute approximate surface area is 85.1 Å². The van der Waals surface area contributed by atoms with Crippen LogP contribution in [-0.2, 0) is 0 Å². The van der Waals surface area contributed by atoms with Crippen LogP contribution < -0.4 is 0 Å². The minimum Gasteiger partial charge on any atom is -0.0654 e. The zero-order chi connectivity index (χ0) is 9.94. The number of hydrogen-bond donors (Lipinski definition) is 0. The molecule has 79 valence electrons. The highest BCUT2D eigenvalue weighted by molar-refractivity contribution is 4.82. The van der Waals surface area contributed by atoms with Crippen LogP contribution in [-0.4, -0.2) is 0 Å². The molecule has 0 aliphatic heterocycles. The Balaban J connectivity index is 3.05. The van der Waals surface area contributed by atoms with E-state index in [9.17, 15) is 0 Å². The van der Waals surface area contributed by atoms with Gasteiger partial charge >= 0.3 is 0 Å². The summed E-state index contributed by atoms with van der Waals surface area (Å²) in [4.78, 5) is 0. The Hall–Kier alpha value is 0. The van der Waals surface area contributed by atoms with Crippen molar-refractivity contribution in [3.63, 3.8) is 0 Å². The molecule has 13 heavy (non-hydrogen) atoms. The van der Waals surface area contributed by atoms with Crippen LogP contribution in [0.5, 0.6) is 0 Å². The molecule has 0 saturated heterocycles. The molecule has 0 rings (SSSR count). The van der Waals surface area contributed by atoms with Gasteiger partial charge in [0.15, 0.2) is 0 Å². The lowest BCUT2D eigenvalue weighted by molar-refractivity contribution is 0.591. The zero-order valence-corrected chi connectivity index (χ0v) is 9.86. The lowest BCUT2D eigenvalue weighted by atomic mass is 9.97. The Morgan fingerprint density at radius 2 is 1.15 bits per heavy atom. The fraction of sp³-hybridized carbons (Fsp3) is 0.923. The highest BCUT2D eigenvalue weighted by Crippen LogP contribution is 2.18. The fourth-order valence-electron chi connectivity index (χ4n) is 1.66. The molecule has 0 saturated carbocycles. The second-order valence-electron chi connectivity index (χ2n) is 4.22. The average molecular weight is 183 g/mol. The van der Waals surface area contributed by atoms with Crippen LogP contribution in [0, 0.1) is 5.92 Å². The van der Waals surface area contributed by atoms with Gasteiger partial charge in [-0.1, -0.05) is 65.7 Å². The molecule has 0 aliphatic carbocycles. The molecule has 0 aliphatic rings. The van der Waals surface area contributed by atoms with Crippen molar-refractivity contribution in [3.05, 3.63) is 5.92 Å². The molecule has 0 aromatic rings. The summed E-state index contributed by atoms with van der Waals surface area (Å²) in [5.41, 5.74) is 0. The van der Waals surface area contributed by atoms with E-state index in [-0.39, 0.29) is 0 Å². The van der Waals surface area contributed by atoms with Crippen molar-refractivity contribution in [3.8, 4) is 0 Å². The van der Waals surface area contributed by atoms with Crippen molar-refractivity contribution < 1.29 is 0 Å². The molecule has 0 nitrogen and oxygen atoms in total. The summed E-state index contributed by atoms with van der Waals surface area (Å²) in [6.45, 7) is 6.88. The van der Waals surface area contributed by atoms with Crippen molar-refractivity contribution in [1.29, 1.82) is 0 Å². The third-order valence-electron chi connectivity index (χ3n) is 2.66. The summed E-state index contributed by atoms with van der Waals surface area (Å²) in [5, 5.41) is 0. The van der Waals surface area contributed by atoms with Crippen LogP contribution in [0.3, 0.4) is 0 Å². The van der Waals surface area contributed by atoms with Crippen LogP contribution in [0.1, 0.15) is 78.6 Å². The number of hydrogen-bond acceptors (Lipinski definition) is 0. The van der Waals surface area contributed by atoms with Gasteiger partial charge in [0.05, 0.1) is 0 Å². The monoisotopic (exact) mass is 183 g/mol. The molecular formula is C13H27. The second kappa shape index (κ2) is 10.1. The predicted octanol–water partition coefficient (Wildman–Crippen LogP) is 5.13. The Morgan fingerprint density at radius 1 is 0.692 bits per heavy atom. The molecule has 0 heteroatoms. The smallest absolute Gasteiger partial charge is 0.0272 e. The van der Waals surface area contributed by atoms with Crippen LogP contribution in [0.4, 0.5) is 0 Å². The highest BCUT2D eigenvalue weighted by atomic mass is 14.1. The molecule has 0 atom stereocenters. The summed E-state index contributed by atoms with van der Waals surface area (Å²) in [6, 6.07) is 0. The predicted molar refractivity (Wildman–Crippen MR) is 61.8 cm³/mol. The Kier molecular flexibility index (Phi) is 10.1. The summed E-state index contributed by atoms with van der Waals surface area (Å²) >= 11 is 0. The molecule has 0 aromatic carbocycles. The molecular weight excluding hydrogens is 156 g/mol. The molecule has 0 bridgehead atoms. The minimum absolute atomic E-state index is 1.35. The van der Waals surface area contributed by atoms with Gasteiger partial charge in [0.1, 0.15) is 0 Å². The van der Waals surface area contributed by atoms with Crippen molar-refractivity contribution in [1.82, 2.24) is 0 Å². The van der Waals surface area contributed by atoms with Crippen LogP contribution in [0.25, 0.3) is 0 Å². The lowest BCUT2D eigenvalue weighted by Gasteiger charge is -2.09. The maximum Gasteiger partial charge on any atom is -0.0272 e. The summed E-state index contributed by atoms with van der Waals surface area (Å²) in [6.07, 6.45) is 12.6. The van der Waals surface area contributed by atoms with E-state index in [2.05, 4.69) is 20.8 Å². The van der Waals surface area contributed by atoms with Gasteiger partial charge < -0.3 is 0 Å². The quantitative estimate of drug-likeness (QED) is 0.435. The third-order valence-corrected chi connectivity index (χ3v) is 2.66. The first-order valence-electron chi connectivity index (χ1n) is 6.12. The van der Waals surface area contributed by atoms with Crippen LogP contribution in [0.2, 0.25) is 0 Å². The van der Waals surface area contributed by atoms with E-state index in [1.165, 1.54) is 57.8 Å². The van der Waals surface area contributed by atoms with Gasteiger partial charge in [0.2, 0.25) is 0 Å². The van der Waals surface area contributed by atoms with Gasteiger partial charge in [0.25, 0.3) is 0 Å². The normalized spacial score (nSPS) is 11.1. The highest BCUT2D eigenvalue weighted by Gasteiger charge is 2.01. The first kappa shape index (κ1) is 13.0. The van der Waals surface area contributed by atoms with E-state index in [0.717, 1.165) is 0 Å². The van der Waals surface area contributed by atoms with E-state index < -0.39 is 0 Å². The molecule has 0 N–H and O–H groups in total. The van der Waals surface area contributed by atoms with Gasteiger partial charge in [-0.25, -0.2) is 0 Å². The standard InChI is InChI=1S/C13H27/c1-4-6-8-10-12-13(3)11-9-7-5-2/h4-12H2,1-3H3. The van der Waals surface area contributed by atoms with E-state index in [0.29, 0.717) is 0 Å². The van der Waals surface area contributed by atoms with Crippen molar-refractivity contribution in [2.45, 2.75) is 78.6 Å². The van der Waals surface area contributed by atoms with Crippen molar-refractivity contribution >= 4 is 0 Å². The Morgan fingerprint density at radius 3 is 1.69 bits per heavy atom. The first-order valence-corrected chi connectivity index (χ1v) is 6.12. The van der Waals surface area contributed by atoms with E-state index in [1.807, 2.05) is 0 Å². The van der Waals surface area contributed by atoms with Gasteiger partial charge in [-0.15, -0.1) is 0 Å². The minimum atomic E-state index is 1.35. The first-order chi connectivity index (χ1) is 6.31. The molecule has 0 amide bonds. The fourth-order valence-corrected chi connectivity index (χ4v) is 1.66. The van der Waals surface area contributed by atoms with E-state index in [1.54, 1.807) is 5.92 Å². The second-order valence-corrected chi connectivity index (χ2v) is 4.22. The zero-order valence-electron chi connectivity index (χ0n) is 9.86. The molecule has 0 heterocycles. The molecule has 1 radical (unpaired) electrons. The largest absolute Gasteiger partial charge is 0.0654 e. The van der Waals surface area contributed by atoms with Gasteiger partial charge in [-0.05, 0) is 18.8 Å². The third kappa shape index (κ3) is 9.92. The van der Waals surface area contributed by atoms with E-state index >= 15 is 0 Å². The molecule has 0 aromatic heterocycles. The maximum atomic E-state index is 2.33. The average Bonchev–Trinajstić information content (AvgIpc) is 2.13. The lowest BCUT2D eigenvalue weighted by Crippen LogP contribution is -1.92. The van der Waals surface area contributed by atoms with Crippen molar-refractivity contribution in [2.24, 2.45) is 0 Å². The van der Waals surface area contributed by atoms with Crippen LogP contribution >= 0.6 is 0 Å². The Bertz CT molecular complexity index is 86.0. The summed E-state index contributed by atoms with van der Waals surface area (Å²) in [5.74, 6) is 1.73. The maximum absolute atomic E-state index is 2.33. The van der Waals surface area contributed by atoms with E-state index in [4.69, 9.17) is 0 Å². The van der Waals surface area contributed by atoms with Gasteiger partial charge in [-0.2, -0.15) is 0 Å². The molecule has 0 fully saturated rings. The molecule has 0 unspecified atom stereocenters. The topological polar surface area (TPSA) is 0 Å². The van der Waals surface area contributed by atoms with Gasteiger partial charge in [0, 0.05) is 0 Å². The number of rotatable bonds is 9. The van der Waals surface area contributed by atoms with Crippen LogP contribution in [0.15, 0.2) is 0 Å². The summed E-state index contributed by atoms with van der Waals surface area (Å²) < 4.78 is 0.